The maximum Gasteiger partial charge on any atom is 0.268 e. The van der Waals surface area contributed by atoms with Crippen LogP contribution in [0.2, 0.25) is 0 Å². The quantitative estimate of drug-likeness (QED) is 0.290. The molecule has 0 bridgehead atoms. The summed E-state index contributed by atoms with van der Waals surface area (Å²) in [6.45, 7) is -0.431. The summed E-state index contributed by atoms with van der Waals surface area (Å²) in [5.41, 5.74) is 5.84. The van der Waals surface area contributed by atoms with Crippen LogP contribution in [0, 0.1) is 0 Å². The van der Waals surface area contributed by atoms with Gasteiger partial charge in [0.2, 0.25) is 0 Å². The number of Topliss-reactive ketones (excluding diaryl/α,β-unsaturated/α-hetero) is 1. The lowest BCUT2D eigenvalue weighted by Gasteiger charge is -2.09. The number of amidine groups is 1. The lowest BCUT2D eigenvalue weighted by atomic mass is 10.1. The number of halogens is 2. The lowest BCUT2D eigenvalue weighted by Crippen LogP contribution is -2.36. The van der Waals surface area contributed by atoms with Crippen LogP contribution in [0.1, 0.15) is 16.9 Å². The Kier molecular flexibility index (Phi) is 7.13. The minimum absolute atomic E-state index is 0.0449. The molecule has 1 aliphatic rings. The number of nitrogens with two attached hydrogens (primary N) is 1. The lowest BCUT2D eigenvalue weighted by molar-refractivity contribution is -0.118. The molecule has 0 spiro atoms. The van der Waals surface area contributed by atoms with Crippen LogP contribution in [0.4, 0.5) is 0 Å². The highest BCUT2D eigenvalue weighted by Gasteiger charge is 2.25. The molecule has 14 heteroatoms. The highest BCUT2D eigenvalue weighted by molar-refractivity contribution is 9.13. The molecule has 1 aromatic heterocycles. The summed E-state index contributed by atoms with van der Waals surface area (Å²) in [5, 5.41) is 5.13. The smallest absolute Gasteiger partial charge is 0.268 e. The van der Waals surface area contributed by atoms with Crippen molar-refractivity contribution in [3.05, 3.63) is 20.8 Å². The highest BCUT2D eigenvalue weighted by Crippen LogP contribution is 2.22. The molecule has 1 atom stereocenters. The third kappa shape index (κ3) is 6.71. The van der Waals surface area contributed by atoms with Gasteiger partial charge >= 0.3 is 0 Å². The number of hydrogen-bond acceptors (Lipinski definition) is 7. The van der Waals surface area contributed by atoms with E-state index in [1.54, 1.807) is 6.07 Å². The largest absolute Gasteiger partial charge is 0.370 e. The Hall–Kier alpha value is -1.77. The van der Waals surface area contributed by atoms with Crippen LogP contribution in [0.5, 0.6) is 0 Å². The third-order valence-electron chi connectivity index (χ3n) is 3.34. The number of rotatable bonds is 8. The Balaban J connectivity index is 1.89. The molecule has 0 aromatic carbocycles. The fourth-order valence-corrected chi connectivity index (χ4v) is 3.11. The Labute approximate surface area is 171 Å². The van der Waals surface area contributed by atoms with Crippen molar-refractivity contribution in [2.45, 2.75) is 12.5 Å². The number of carbonyl (C=O) groups excluding carboxylic acids is 2. The Morgan fingerprint density at radius 3 is 2.70 bits per heavy atom. The number of amides is 1. The van der Waals surface area contributed by atoms with E-state index in [9.17, 15) is 18.0 Å². The number of aliphatic imine (C=N–C) groups is 2. The fourth-order valence-electron chi connectivity index (χ4n) is 2.13. The summed E-state index contributed by atoms with van der Waals surface area (Å²) in [4.78, 5) is 34.9. The Morgan fingerprint density at radius 2 is 2.11 bits per heavy atom. The van der Waals surface area contributed by atoms with Crippen LogP contribution in [-0.2, 0) is 14.9 Å². The molecular formula is C13H16Br2N6O5S. The van der Waals surface area contributed by atoms with Crippen LogP contribution in [0.25, 0.3) is 0 Å². The van der Waals surface area contributed by atoms with E-state index in [0.717, 1.165) is 0 Å². The number of aromatic nitrogens is 1. The minimum Gasteiger partial charge on any atom is -0.370 e. The van der Waals surface area contributed by atoms with Crippen LogP contribution in [-0.4, -0.2) is 66.3 Å². The molecule has 1 aliphatic heterocycles. The van der Waals surface area contributed by atoms with E-state index in [0.29, 0.717) is 9.08 Å². The predicted molar refractivity (Wildman–Crippen MR) is 105 cm³/mol. The molecule has 0 saturated heterocycles. The standard InChI is InChI=1S/C13H16Br2N6O5S/c14-7-4-9(19-10(7)15)12(23)18-5-6(22)3-8-11(21-13(16)20-8)17-1-2-27(24,25)26/h4,8,19H,1-3,5H2,(H,18,23)(H,24,25,26)(H3,16,17,20,21). The number of aromatic amines is 1. The Morgan fingerprint density at radius 1 is 1.41 bits per heavy atom. The van der Waals surface area contributed by atoms with Gasteiger partial charge in [-0.3, -0.25) is 19.1 Å². The maximum absolute atomic E-state index is 12.1. The molecule has 11 nitrogen and oxygen atoms in total. The van der Waals surface area contributed by atoms with Crippen molar-refractivity contribution in [1.82, 2.24) is 15.6 Å². The van der Waals surface area contributed by atoms with Crippen molar-refractivity contribution >= 4 is 65.5 Å². The van der Waals surface area contributed by atoms with Crippen molar-refractivity contribution in [2.75, 3.05) is 18.8 Å². The second kappa shape index (κ2) is 8.95. The van der Waals surface area contributed by atoms with Gasteiger partial charge in [-0.2, -0.15) is 8.42 Å². The molecule has 0 aliphatic carbocycles. The van der Waals surface area contributed by atoms with Crippen molar-refractivity contribution in [3.8, 4) is 0 Å². The van der Waals surface area contributed by atoms with E-state index in [2.05, 4.69) is 57.5 Å². The summed E-state index contributed by atoms with van der Waals surface area (Å²) in [7, 11) is -4.14. The van der Waals surface area contributed by atoms with E-state index >= 15 is 0 Å². The molecule has 0 fully saturated rings. The molecule has 0 radical (unpaired) electrons. The molecule has 27 heavy (non-hydrogen) atoms. The molecule has 6 N–H and O–H groups in total. The molecular weight excluding hydrogens is 512 g/mol. The summed E-state index contributed by atoms with van der Waals surface area (Å²) in [6.07, 6.45) is -0.0865. The van der Waals surface area contributed by atoms with Crippen molar-refractivity contribution in [1.29, 1.82) is 0 Å². The van der Waals surface area contributed by atoms with E-state index in [4.69, 9.17) is 10.3 Å². The number of carbonyl (C=O) groups is 2. The number of nitrogens with zero attached hydrogens (tertiary/aromatic N) is 2. The zero-order valence-electron chi connectivity index (χ0n) is 13.7. The summed E-state index contributed by atoms with van der Waals surface area (Å²) in [5.74, 6) is -1.06. The minimum atomic E-state index is -4.14. The van der Waals surface area contributed by atoms with Crippen LogP contribution in [0.3, 0.4) is 0 Å². The molecule has 148 valence electrons. The average Bonchev–Trinajstić information content (AvgIpc) is 3.06. The first-order valence-corrected chi connectivity index (χ1v) is 10.7. The van der Waals surface area contributed by atoms with Crippen LogP contribution < -0.4 is 16.4 Å². The van der Waals surface area contributed by atoms with Gasteiger partial charge in [0.05, 0.1) is 27.9 Å². The SMILES string of the molecule is NC1=NC(CC(=O)CNC(=O)c2cc(Br)c(Br)[nH]2)C(=NCCS(=O)(=O)O)N1. The van der Waals surface area contributed by atoms with Gasteiger partial charge in [0.15, 0.2) is 11.7 Å². The van der Waals surface area contributed by atoms with E-state index in [1.807, 2.05) is 0 Å². The average molecular weight is 528 g/mol. The van der Waals surface area contributed by atoms with Gasteiger partial charge in [0, 0.05) is 6.42 Å². The molecule has 2 heterocycles. The fraction of sp³-hybridized carbons (Fsp3) is 0.385. The van der Waals surface area contributed by atoms with E-state index in [1.165, 1.54) is 0 Å². The van der Waals surface area contributed by atoms with Gasteiger partial charge in [-0.1, -0.05) is 0 Å². The van der Waals surface area contributed by atoms with Gasteiger partial charge in [-0.25, -0.2) is 4.99 Å². The van der Waals surface area contributed by atoms with E-state index < -0.39 is 27.8 Å². The first kappa shape index (κ1) is 21.5. The zero-order valence-corrected chi connectivity index (χ0v) is 17.7. The molecule has 1 unspecified atom stereocenters. The molecule has 0 saturated carbocycles. The number of H-pyrrole nitrogens is 1. The maximum atomic E-state index is 12.1. The van der Waals surface area contributed by atoms with Crippen LogP contribution >= 0.6 is 31.9 Å². The highest BCUT2D eigenvalue weighted by atomic mass is 79.9. The second-order valence-corrected chi connectivity index (χ2v) is 8.70. The molecule has 2 rings (SSSR count). The second-order valence-electron chi connectivity index (χ2n) is 5.48. The molecule has 1 aromatic rings. The summed E-state index contributed by atoms with van der Waals surface area (Å²) < 4.78 is 31.4. The van der Waals surface area contributed by atoms with Gasteiger partial charge < -0.3 is 21.4 Å². The first-order chi connectivity index (χ1) is 12.5. The first-order valence-electron chi connectivity index (χ1n) is 7.49. The topological polar surface area (TPSA) is 179 Å². The van der Waals surface area contributed by atoms with Gasteiger partial charge in [0.25, 0.3) is 16.0 Å². The number of guanidine groups is 1. The summed E-state index contributed by atoms with van der Waals surface area (Å²) >= 11 is 6.46. The van der Waals surface area contributed by atoms with Crippen LogP contribution in [0.15, 0.2) is 25.1 Å². The Bertz CT molecular complexity index is 891. The van der Waals surface area contributed by atoms with Gasteiger partial charge in [0.1, 0.15) is 17.6 Å². The zero-order chi connectivity index (χ0) is 20.2. The van der Waals surface area contributed by atoms with E-state index in [-0.39, 0.29) is 42.8 Å². The molecule has 1 amide bonds. The monoisotopic (exact) mass is 526 g/mol. The number of hydrogen-bond donors (Lipinski definition) is 5. The number of nitrogens with one attached hydrogen (secondary N) is 3. The van der Waals surface area contributed by atoms with Crippen molar-refractivity contribution < 1.29 is 22.6 Å². The summed E-state index contributed by atoms with van der Waals surface area (Å²) in [6, 6.07) is 0.861. The van der Waals surface area contributed by atoms with Crippen molar-refractivity contribution in [2.24, 2.45) is 15.7 Å². The van der Waals surface area contributed by atoms with Crippen molar-refractivity contribution in [3.63, 3.8) is 0 Å². The third-order valence-corrected chi connectivity index (χ3v) is 5.82. The van der Waals surface area contributed by atoms with Gasteiger partial charge in [-0.15, -0.1) is 0 Å². The normalized spacial score (nSPS) is 18.3. The number of ketones is 1. The predicted octanol–water partition coefficient (Wildman–Crippen LogP) is -0.198. The van der Waals surface area contributed by atoms with Gasteiger partial charge in [-0.05, 0) is 37.9 Å².